The molecule has 3 rings (SSSR count). The van der Waals surface area contributed by atoms with Crippen molar-refractivity contribution in [3.8, 4) is 0 Å². The molecule has 2 aromatic carbocycles. The number of nitrogens with one attached hydrogen (secondary N) is 1. The van der Waals surface area contributed by atoms with Crippen LogP contribution in [0.3, 0.4) is 0 Å². The molecule has 0 aliphatic carbocycles. The first kappa shape index (κ1) is 20.2. The topological polar surface area (TPSA) is 86.8 Å². The van der Waals surface area contributed by atoms with Gasteiger partial charge >= 0.3 is 0 Å². The first-order valence-electron chi connectivity index (χ1n) is 8.67. The normalized spacial score (nSPS) is 14.2. The van der Waals surface area contributed by atoms with Crippen LogP contribution in [0.4, 0.5) is 17.1 Å². The van der Waals surface area contributed by atoms with Gasteiger partial charge in [0.1, 0.15) is 6.54 Å². The first-order chi connectivity index (χ1) is 13.2. The van der Waals surface area contributed by atoms with Gasteiger partial charge in [-0.15, -0.1) is 0 Å². The molecule has 1 aliphatic rings. The molecule has 7 nitrogen and oxygen atoms in total. The molecule has 2 aromatic rings. The molecular formula is C19H20ClN3O4S. The van der Waals surface area contributed by atoms with Crippen LogP contribution in [0.1, 0.15) is 12.8 Å². The standard InChI is InChI=1S/C19H20ClN3O4S/c1-28(26,27)23(17-5-2-4-14(20)12-17)13-18(24)21-15-7-9-16(10-8-15)22-11-3-6-19(22)25/h2,4-5,7-10,12H,3,6,11,13H2,1H3,(H,21,24). The molecule has 0 unspecified atom stereocenters. The fourth-order valence-electron chi connectivity index (χ4n) is 3.01. The van der Waals surface area contributed by atoms with Crippen LogP contribution in [0.5, 0.6) is 0 Å². The summed E-state index contributed by atoms with van der Waals surface area (Å²) in [5, 5.41) is 3.05. The molecule has 0 atom stereocenters. The van der Waals surface area contributed by atoms with Crippen LogP contribution in [-0.4, -0.2) is 39.6 Å². The zero-order valence-electron chi connectivity index (χ0n) is 15.3. The van der Waals surface area contributed by atoms with Crippen molar-refractivity contribution in [3.05, 3.63) is 53.6 Å². The van der Waals surface area contributed by atoms with Crippen LogP contribution in [-0.2, 0) is 19.6 Å². The van der Waals surface area contributed by atoms with Crippen LogP contribution in [0, 0.1) is 0 Å². The molecule has 9 heteroatoms. The highest BCUT2D eigenvalue weighted by atomic mass is 35.5. The second-order valence-corrected chi connectivity index (χ2v) is 8.84. The van der Waals surface area contributed by atoms with Crippen LogP contribution < -0.4 is 14.5 Å². The van der Waals surface area contributed by atoms with E-state index in [2.05, 4.69) is 5.32 Å². The summed E-state index contributed by atoms with van der Waals surface area (Å²) in [4.78, 5) is 25.9. The third-order valence-electron chi connectivity index (χ3n) is 4.32. The van der Waals surface area contributed by atoms with E-state index in [0.717, 1.165) is 22.7 Å². The summed E-state index contributed by atoms with van der Waals surface area (Å²) >= 11 is 5.93. The SMILES string of the molecule is CS(=O)(=O)N(CC(=O)Nc1ccc(N2CCCC2=O)cc1)c1cccc(Cl)c1. The quantitative estimate of drug-likeness (QED) is 0.776. The third kappa shape index (κ3) is 4.82. The average Bonchev–Trinajstić information content (AvgIpc) is 3.05. The van der Waals surface area contributed by atoms with E-state index in [1.54, 1.807) is 47.4 Å². The number of carbonyl (C=O) groups is 2. The molecule has 0 bridgehead atoms. The number of sulfonamides is 1. The van der Waals surface area contributed by atoms with Crippen molar-refractivity contribution < 1.29 is 18.0 Å². The van der Waals surface area contributed by atoms with Gasteiger partial charge in [-0.25, -0.2) is 8.42 Å². The van der Waals surface area contributed by atoms with Crippen molar-refractivity contribution in [1.82, 2.24) is 0 Å². The predicted octanol–water partition coefficient (Wildman–Crippen LogP) is 2.87. The highest BCUT2D eigenvalue weighted by Crippen LogP contribution is 2.24. The molecule has 1 aliphatic heterocycles. The van der Waals surface area contributed by atoms with E-state index in [0.29, 0.717) is 29.4 Å². The van der Waals surface area contributed by atoms with Gasteiger partial charge < -0.3 is 10.2 Å². The van der Waals surface area contributed by atoms with Crippen LogP contribution in [0.15, 0.2) is 48.5 Å². The van der Waals surface area contributed by atoms with E-state index in [4.69, 9.17) is 11.6 Å². The zero-order chi connectivity index (χ0) is 20.3. The minimum absolute atomic E-state index is 0.0853. The van der Waals surface area contributed by atoms with Gasteiger partial charge in [-0.3, -0.25) is 13.9 Å². The molecule has 2 amide bonds. The van der Waals surface area contributed by atoms with Gasteiger partial charge in [-0.1, -0.05) is 17.7 Å². The van der Waals surface area contributed by atoms with Gasteiger partial charge in [0.15, 0.2) is 0 Å². The molecule has 28 heavy (non-hydrogen) atoms. The maximum absolute atomic E-state index is 12.4. The van der Waals surface area contributed by atoms with Gasteiger partial charge in [0.25, 0.3) is 0 Å². The number of hydrogen-bond donors (Lipinski definition) is 1. The van der Waals surface area contributed by atoms with Gasteiger partial charge in [0.2, 0.25) is 21.8 Å². The number of amides is 2. The minimum Gasteiger partial charge on any atom is -0.325 e. The Bertz CT molecular complexity index is 992. The summed E-state index contributed by atoms with van der Waals surface area (Å²) in [5.74, 6) is -0.405. The fraction of sp³-hybridized carbons (Fsp3) is 0.263. The molecule has 0 aromatic heterocycles. The Morgan fingerprint density at radius 1 is 1.21 bits per heavy atom. The third-order valence-corrected chi connectivity index (χ3v) is 5.70. The Balaban J connectivity index is 1.70. The maximum Gasteiger partial charge on any atom is 0.245 e. The van der Waals surface area contributed by atoms with Crippen molar-refractivity contribution in [2.24, 2.45) is 0 Å². The minimum atomic E-state index is -3.68. The molecule has 0 spiro atoms. The van der Waals surface area contributed by atoms with Crippen LogP contribution in [0.25, 0.3) is 0 Å². The van der Waals surface area contributed by atoms with Crippen molar-refractivity contribution in [3.63, 3.8) is 0 Å². The Hall–Kier alpha value is -2.58. The second kappa shape index (κ2) is 8.20. The lowest BCUT2D eigenvalue weighted by molar-refractivity contribution is -0.117. The first-order valence-corrected chi connectivity index (χ1v) is 10.9. The molecule has 1 N–H and O–H groups in total. The number of anilines is 3. The fourth-order valence-corrected chi connectivity index (χ4v) is 4.04. The number of halogens is 1. The number of rotatable bonds is 6. The Morgan fingerprint density at radius 3 is 2.50 bits per heavy atom. The summed E-state index contributed by atoms with van der Waals surface area (Å²) in [6.07, 6.45) is 2.41. The van der Waals surface area contributed by atoms with Gasteiger partial charge in [-0.05, 0) is 48.9 Å². The summed E-state index contributed by atoms with van der Waals surface area (Å²) in [5.41, 5.74) is 1.60. The van der Waals surface area contributed by atoms with Crippen LogP contribution in [0.2, 0.25) is 5.02 Å². The van der Waals surface area contributed by atoms with E-state index in [-0.39, 0.29) is 12.5 Å². The van der Waals surface area contributed by atoms with Crippen molar-refractivity contribution in [2.45, 2.75) is 12.8 Å². The van der Waals surface area contributed by atoms with Gasteiger partial charge in [0, 0.05) is 29.4 Å². The molecule has 1 fully saturated rings. The summed E-state index contributed by atoms with van der Waals surface area (Å²) in [6, 6.07) is 13.2. The van der Waals surface area contributed by atoms with E-state index in [1.165, 1.54) is 6.07 Å². The molecule has 0 saturated carbocycles. The molecular weight excluding hydrogens is 402 g/mol. The van der Waals surface area contributed by atoms with Crippen molar-refractivity contribution in [2.75, 3.05) is 33.9 Å². The predicted molar refractivity (Wildman–Crippen MR) is 110 cm³/mol. The van der Waals surface area contributed by atoms with Gasteiger partial charge in [0.05, 0.1) is 11.9 Å². The smallest absolute Gasteiger partial charge is 0.245 e. The summed E-state index contributed by atoms with van der Waals surface area (Å²) in [7, 11) is -3.68. The Morgan fingerprint density at radius 2 is 1.93 bits per heavy atom. The summed E-state index contributed by atoms with van der Waals surface area (Å²) < 4.78 is 25.2. The highest BCUT2D eigenvalue weighted by Gasteiger charge is 2.23. The Labute approximate surface area is 168 Å². The lowest BCUT2D eigenvalue weighted by atomic mass is 10.2. The number of benzene rings is 2. The van der Waals surface area contributed by atoms with E-state index in [9.17, 15) is 18.0 Å². The van der Waals surface area contributed by atoms with E-state index in [1.807, 2.05) is 0 Å². The number of nitrogens with zero attached hydrogens (tertiary/aromatic N) is 2. The molecule has 1 heterocycles. The summed E-state index contributed by atoms with van der Waals surface area (Å²) in [6.45, 7) is 0.305. The Kier molecular flexibility index (Phi) is 5.90. The number of carbonyl (C=O) groups excluding carboxylic acids is 2. The lowest BCUT2D eigenvalue weighted by Gasteiger charge is -2.22. The van der Waals surface area contributed by atoms with Crippen LogP contribution >= 0.6 is 11.6 Å². The molecule has 1 saturated heterocycles. The zero-order valence-corrected chi connectivity index (χ0v) is 16.8. The molecule has 0 radical (unpaired) electrons. The number of hydrogen-bond acceptors (Lipinski definition) is 4. The van der Waals surface area contributed by atoms with Gasteiger partial charge in [-0.2, -0.15) is 0 Å². The van der Waals surface area contributed by atoms with Crippen molar-refractivity contribution in [1.29, 1.82) is 0 Å². The molecule has 148 valence electrons. The second-order valence-electron chi connectivity index (χ2n) is 6.49. The van der Waals surface area contributed by atoms with E-state index >= 15 is 0 Å². The van der Waals surface area contributed by atoms with Crippen molar-refractivity contribution >= 4 is 50.5 Å². The highest BCUT2D eigenvalue weighted by molar-refractivity contribution is 7.92. The van der Waals surface area contributed by atoms with E-state index < -0.39 is 15.9 Å². The maximum atomic E-state index is 12.4. The monoisotopic (exact) mass is 421 g/mol. The lowest BCUT2D eigenvalue weighted by Crippen LogP contribution is -2.37. The largest absolute Gasteiger partial charge is 0.325 e. The average molecular weight is 422 g/mol.